The molecule has 0 saturated heterocycles. The van der Waals surface area contributed by atoms with Gasteiger partial charge in [-0.05, 0) is 12.1 Å². The number of nitrogens with zero attached hydrogens (tertiary/aromatic N) is 4. The minimum Gasteiger partial charge on any atom is -0.336 e. The van der Waals surface area contributed by atoms with Gasteiger partial charge >= 0.3 is 0 Å². The van der Waals surface area contributed by atoms with Crippen LogP contribution in [0, 0.1) is 0 Å². The van der Waals surface area contributed by atoms with Gasteiger partial charge in [0.05, 0.1) is 12.4 Å². The quantitative estimate of drug-likeness (QED) is 0.645. The van der Waals surface area contributed by atoms with Crippen LogP contribution in [-0.2, 0) is 0 Å². The van der Waals surface area contributed by atoms with Crippen molar-refractivity contribution in [3.63, 3.8) is 0 Å². The first kappa shape index (κ1) is 6.78. The molecule has 0 radical (unpaired) electrons. The molecule has 5 nitrogen and oxygen atoms in total. The molecule has 2 heterocycles. The molecule has 12 heavy (non-hydrogen) atoms. The largest absolute Gasteiger partial charge is 0.336 e. The van der Waals surface area contributed by atoms with Gasteiger partial charge in [-0.1, -0.05) is 4.85 Å². The Morgan fingerprint density at radius 1 is 1.25 bits per heavy atom. The summed E-state index contributed by atoms with van der Waals surface area (Å²) in [7, 11) is 0. The van der Waals surface area contributed by atoms with Gasteiger partial charge in [0.2, 0.25) is 0 Å². The van der Waals surface area contributed by atoms with Crippen LogP contribution >= 0.6 is 0 Å². The first-order valence-corrected chi connectivity index (χ1v) is 3.41. The van der Waals surface area contributed by atoms with Crippen LogP contribution in [0.1, 0.15) is 0 Å². The topological polar surface area (TPSA) is 52.8 Å². The zero-order valence-electron chi connectivity index (χ0n) is 6.16. The minimum atomic E-state index is 0.418. The van der Waals surface area contributed by atoms with E-state index in [9.17, 15) is 0 Å². The Balaban J connectivity index is 2.15. The Kier molecular flexibility index (Phi) is 1.69. The maximum absolute atomic E-state index is 5.15. The first-order valence-electron chi connectivity index (χ1n) is 3.41. The Hall–Kier alpha value is -1.91. The highest BCUT2D eigenvalue weighted by molar-refractivity contribution is 5.04. The van der Waals surface area contributed by atoms with Crippen molar-refractivity contribution in [1.29, 1.82) is 0 Å². The molecule has 0 aliphatic carbocycles. The van der Waals surface area contributed by atoms with Crippen LogP contribution in [0.25, 0.3) is 0 Å². The molecule has 0 spiro atoms. The third kappa shape index (κ3) is 1.39. The molecule has 0 amide bonds. The number of hydrogen-bond donors (Lipinski definition) is 0. The zero-order valence-corrected chi connectivity index (χ0v) is 6.16. The fourth-order valence-electron chi connectivity index (χ4n) is 0.741. The monoisotopic (exact) mass is 162 g/mol. The number of hydrogen-bond acceptors (Lipinski definition) is 4. The molecule has 0 bridgehead atoms. The van der Waals surface area contributed by atoms with E-state index in [2.05, 4.69) is 15.3 Å². The summed E-state index contributed by atoms with van der Waals surface area (Å²) < 4.78 is 0. The second kappa shape index (κ2) is 3.00. The predicted molar refractivity (Wildman–Crippen MR) is 40.3 cm³/mol. The molecule has 0 aromatic carbocycles. The first-order chi connectivity index (χ1) is 5.95. The smallest absolute Gasteiger partial charge is 0.267 e. The molecule has 0 N–H and O–H groups in total. The van der Waals surface area contributed by atoms with Crippen LogP contribution in [0.15, 0.2) is 36.8 Å². The van der Waals surface area contributed by atoms with Crippen molar-refractivity contribution < 1.29 is 4.84 Å². The average Bonchev–Trinajstić information content (AvgIpc) is 2.59. The summed E-state index contributed by atoms with van der Waals surface area (Å²) in [5, 5.41) is 11.2. The third-order valence-electron chi connectivity index (χ3n) is 1.22. The highest BCUT2D eigenvalue weighted by Crippen LogP contribution is 2.01. The van der Waals surface area contributed by atoms with E-state index >= 15 is 0 Å². The van der Waals surface area contributed by atoms with Gasteiger partial charge < -0.3 is 4.84 Å². The normalized spacial score (nSPS) is 9.67. The van der Waals surface area contributed by atoms with E-state index in [0.29, 0.717) is 5.88 Å². The van der Waals surface area contributed by atoms with Gasteiger partial charge in [-0.2, -0.15) is 5.10 Å². The summed E-state index contributed by atoms with van der Waals surface area (Å²) in [6.45, 7) is 0. The van der Waals surface area contributed by atoms with Crippen LogP contribution in [0.5, 0.6) is 5.88 Å². The van der Waals surface area contributed by atoms with Gasteiger partial charge in [-0.15, -0.1) is 10.2 Å². The van der Waals surface area contributed by atoms with Gasteiger partial charge in [0.15, 0.2) is 0 Å². The molecule has 2 aromatic heterocycles. The lowest BCUT2D eigenvalue weighted by atomic mass is 10.6. The van der Waals surface area contributed by atoms with Crippen molar-refractivity contribution in [2.75, 3.05) is 0 Å². The van der Waals surface area contributed by atoms with E-state index in [1.807, 2.05) is 0 Å². The molecule has 0 saturated carbocycles. The number of aromatic nitrogens is 4. The Morgan fingerprint density at radius 3 is 2.92 bits per heavy atom. The average molecular weight is 162 g/mol. The van der Waals surface area contributed by atoms with Crippen molar-refractivity contribution >= 4 is 0 Å². The molecule has 2 rings (SSSR count). The Morgan fingerprint density at radius 2 is 2.25 bits per heavy atom. The molecule has 0 aliphatic heterocycles. The summed E-state index contributed by atoms with van der Waals surface area (Å²) in [5.74, 6) is 0.418. The maximum atomic E-state index is 5.15. The second-order valence-electron chi connectivity index (χ2n) is 2.06. The summed E-state index contributed by atoms with van der Waals surface area (Å²) in [5.41, 5.74) is 0. The molecular formula is C7H6N4O. The zero-order chi connectivity index (χ0) is 8.23. The van der Waals surface area contributed by atoms with Crippen LogP contribution in [0.2, 0.25) is 0 Å². The van der Waals surface area contributed by atoms with Crippen molar-refractivity contribution in [2.45, 2.75) is 0 Å². The second-order valence-corrected chi connectivity index (χ2v) is 2.06. The molecule has 5 heteroatoms. The highest BCUT2D eigenvalue weighted by atomic mass is 16.7. The lowest BCUT2D eigenvalue weighted by molar-refractivity contribution is 0.168. The van der Waals surface area contributed by atoms with Crippen molar-refractivity contribution in [3.8, 4) is 5.88 Å². The standard InChI is InChI=1S/C7H6N4O/c1-3-7(10-8-4-1)12-11-6-2-5-9-11/h1-6H. The van der Waals surface area contributed by atoms with Gasteiger partial charge in [-0.3, -0.25) is 0 Å². The SMILES string of the molecule is c1cnnc(On2cccn2)c1. The van der Waals surface area contributed by atoms with E-state index in [4.69, 9.17) is 4.84 Å². The molecule has 0 atom stereocenters. The lowest BCUT2D eigenvalue weighted by Gasteiger charge is -1.99. The minimum absolute atomic E-state index is 0.418. The molecule has 60 valence electrons. The third-order valence-corrected chi connectivity index (χ3v) is 1.22. The van der Waals surface area contributed by atoms with E-state index in [1.165, 1.54) is 4.85 Å². The Bertz CT molecular complexity index is 332. The summed E-state index contributed by atoms with van der Waals surface area (Å²) in [4.78, 5) is 6.46. The van der Waals surface area contributed by atoms with Crippen molar-refractivity contribution in [3.05, 3.63) is 36.8 Å². The van der Waals surface area contributed by atoms with Crippen LogP contribution < -0.4 is 4.84 Å². The summed E-state index contributed by atoms with van der Waals surface area (Å²) in [6, 6.07) is 5.21. The fourth-order valence-corrected chi connectivity index (χ4v) is 0.741. The van der Waals surface area contributed by atoms with Gasteiger partial charge in [0, 0.05) is 12.3 Å². The van der Waals surface area contributed by atoms with Gasteiger partial charge in [0.1, 0.15) is 0 Å². The summed E-state index contributed by atoms with van der Waals surface area (Å²) >= 11 is 0. The van der Waals surface area contributed by atoms with Gasteiger partial charge in [0.25, 0.3) is 5.88 Å². The number of rotatable bonds is 2. The van der Waals surface area contributed by atoms with Crippen molar-refractivity contribution in [2.24, 2.45) is 0 Å². The van der Waals surface area contributed by atoms with E-state index in [1.54, 1.807) is 36.8 Å². The predicted octanol–water partition coefficient (Wildman–Crippen LogP) is 0.515. The molecule has 0 aliphatic rings. The van der Waals surface area contributed by atoms with E-state index in [-0.39, 0.29) is 0 Å². The molecule has 2 aromatic rings. The molecule has 0 fully saturated rings. The maximum Gasteiger partial charge on any atom is 0.267 e. The van der Waals surface area contributed by atoms with E-state index in [0.717, 1.165) is 0 Å². The molecular weight excluding hydrogens is 156 g/mol. The highest BCUT2D eigenvalue weighted by Gasteiger charge is 1.94. The summed E-state index contributed by atoms with van der Waals surface area (Å²) in [6.07, 6.45) is 4.88. The lowest BCUT2D eigenvalue weighted by Crippen LogP contribution is -2.06. The Labute approximate surface area is 68.6 Å². The fraction of sp³-hybridized carbons (Fsp3) is 0. The molecule has 0 unspecified atom stereocenters. The van der Waals surface area contributed by atoms with Gasteiger partial charge in [-0.25, -0.2) is 0 Å². The van der Waals surface area contributed by atoms with Crippen LogP contribution in [0.3, 0.4) is 0 Å². The van der Waals surface area contributed by atoms with Crippen LogP contribution in [-0.4, -0.2) is 20.1 Å². The van der Waals surface area contributed by atoms with Crippen LogP contribution in [0.4, 0.5) is 0 Å². The van der Waals surface area contributed by atoms with Crippen molar-refractivity contribution in [1.82, 2.24) is 20.1 Å². The van der Waals surface area contributed by atoms with E-state index < -0.39 is 0 Å².